The van der Waals surface area contributed by atoms with Gasteiger partial charge in [-0.2, -0.15) is 0 Å². The van der Waals surface area contributed by atoms with E-state index in [1.807, 2.05) is 0 Å². The lowest BCUT2D eigenvalue weighted by atomic mass is 10.0. The van der Waals surface area contributed by atoms with Gasteiger partial charge in [0.2, 0.25) is 0 Å². The second-order valence-electron chi connectivity index (χ2n) is 5.85. The normalized spacial score (nSPS) is 11.1. The Balaban J connectivity index is 2.37. The molecule has 0 unspecified atom stereocenters. The van der Waals surface area contributed by atoms with Crippen LogP contribution in [0, 0.1) is 25.4 Å². The number of benzene rings is 1. The van der Waals surface area contributed by atoms with Crippen molar-refractivity contribution in [2.24, 2.45) is 0 Å². The highest BCUT2D eigenvalue weighted by Crippen LogP contribution is 2.19. The van der Waals surface area contributed by atoms with Crippen LogP contribution >= 0.6 is 12.2 Å². The molecule has 106 valence electrons. The highest BCUT2D eigenvalue weighted by molar-refractivity contribution is 7.71. The first-order valence-corrected chi connectivity index (χ1v) is 7.44. The fourth-order valence-corrected chi connectivity index (χ4v) is 3.28. The summed E-state index contributed by atoms with van der Waals surface area (Å²) in [6.07, 6.45) is 0.797. The van der Waals surface area contributed by atoms with E-state index in [-0.39, 0.29) is 0 Å². The van der Waals surface area contributed by atoms with Crippen molar-refractivity contribution in [2.45, 2.75) is 47.0 Å². The van der Waals surface area contributed by atoms with Crippen LogP contribution in [0.1, 0.15) is 53.5 Å². The molecule has 1 aromatic carbocycles. The van der Waals surface area contributed by atoms with Gasteiger partial charge in [0.05, 0.1) is 0 Å². The summed E-state index contributed by atoms with van der Waals surface area (Å²) in [5.41, 5.74) is 6.14. The van der Waals surface area contributed by atoms with Crippen LogP contribution in [0.3, 0.4) is 0 Å². The summed E-state index contributed by atoms with van der Waals surface area (Å²) in [6, 6.07) is 6.60. The molecule has 1 heterocycles. The first kappa shape index (κ1) is 14.9. The van der Waals surface area contributed by atoms with Crippen LogP contribution in [0.5, 0.6) is 0 Å². The predicted octanol–water partition coefficient (Wildman–Crippen LogP) is 4.78. The molecular weight excluding hydrogens is 264 g/mol. The van der Waals surface area contributed by atoms with Gasteiger partial charge in [-0.15, -0.1) is 0 Å². The molecule has 0 bridgehead atoms. The number of H-pyrrole nitrogens is 1. The number of hydrogen-bond donors (Lipinski definition) is 1. The van der Waals surface area contributed by atoms with E-state index in [1.54, 1.807) is 0 Å². The summed E-state index contributed by atoms with van der Waals surface area (Å²) in [7, 11) is 0. The minimum Gasteiger partial charge on any atom is -0.347 e. The Kier molecular flexibility index (Phi) is 4.39. The van der Waals surface area contributed by atoms with E-state index in [0.717, 1.165) is 28.1 Å². The van der Waals surface area contributed by atoms with Crippen LogP contribution < -0.4 is 0 Å². The number of nitrogens with one attached hydrogen (secondary N) is 1. The van der Waals surface area contributed by atoms with Gasteiger partial charge in [-0.05, 0) is 32.3 Å². The van der Waals surface area contributed by atoms with E-state index in [1.165, 1.54) is 16.7 Å². The fourth-order valence-electron chi connectivity index (χ4n) is 2.78. The average Bonchev–Trinajstić information content (AvgIpc) is 2.25. The molecule has 0 aliphatic carbocycles. The highest BCUT2D eigenvalue weighted by atomic mass is 32.1. The van der Waals surface area contributed by atoms with Gasteiger partial charge in [-0.3, -0.25) is 0 Å². The number of nitrogens with zero attached hydrogens (tertiary/aromatic N) is 1. The number of hydrogen-bond acceptors (Lipinski definition) is 2. The molecule has 0 radical (unpaired) electrons. The molecule has 0 fully saturated rings. The maximum atomic E-state index is 5.44. The van der Waals surface area contributed by atoms with E-state index >= 15 is 0 Å². The van der Waals surface area contributed by atoms with Crippen molar-refractivity contribution in [3.8, 4) is 0 Å². The molecule has 1 aromatic heterocycles. The summed E-state index contributed by atoms with van der Waals surface area (Å²) in [4.78, 5) is 7.98. The summed E-state index contributed by atoms with van der Waals surface area (Å²) in [6.45, 7) is 10.6. The Hall–Kier alpha value is -1.48. The molecule has 0 saturated heterocycles. The van der Waals surface area contributed by atoms with Crippen molar-refractivity contribution in [1.82, 2.24) is 9.97 Å². The smallest absolute Gasteiger partial charge is 0.133 e. The van der Waals surface area contributed by atoms with Crippen LogP contribution in [0.2, 0.25) is 0 Å². The minimum absolute atomic E-state index is 0.404. The van der Waals surface area contributed by atoms with Gasteiger partial charge in [0, 0.05) is 17.7 Å². The Bertz CT molecular complexity index is 664. The molecule has 0 spiro atoms. The molecule has 0 atom stereocenters. The zero-order valence-corrected chi connectivity index (χ0v) is 13.7. The van der Waals surface area contributed by atoms with Crippen molar-refractivity contribution in [1.29, 1.82) is 0 Å². The average molecular weight is 286 g/mol. The third kappa shape index (κ3) is 3.34. The second-order valence-corrected chi connectivity index (χ2v) is 6.24. The summed E-state index contributed by atoms with van der Waals surface area (Å²) in [5, 5.41) is 0. The van der Waals surface area contributed by atoms with E-state index in [9.17, 15) is 0 Å². The molecule has 2 nitrogen and oxygen atoms in total. The second kappa shape index (κ2) is 5.88. The molecular formula is C17H22N2S. The number of rotatable bonds is 3. The van der Waals surface area contributed by atoms with Crippen molar-refractivity contribution in [3.05, 3.63) is 56.6 Å². The molecule has 20 heavy (non-hydrogen) atoms. The van der Waals surface area contributed by atoms with Gasteiger partial charge in [0.25, 0.3) is 0 Å². The topological polar surface area (TPSA) is 28.7 Å². The maximum absolute atomic E-state index is 5.44. The van der Waals surface area contributed by atoms with E-state index in [0.29, 0.717) is 5.92 Å². The Morgan fingerprint density at radius 2 is 1.70 bits per heavy atom. The van der Waals surface area contributed by atoms with Crippen LogP contribution in [0.25, 0.3) is 0 Å². The standard InChI is InChI=1S/C17H22N2S/c1-10(2)16-13(5)18-15(19-17(16)20)9-14-7-11(3)6-12(4)8-14/h6-8,10H,9H2,1-5H3,(H,18,19,20). The Morgan fingerprint density at radius 1 is 1.10 bits per heavy atom. The van der Waals surface area contributed by atoms with Crippen LogP contribution in [0.4, 0.5) is 0 Å². The van der Waals surface area contributed by atoms with Gasteiger partial charge in [0.15, 0.2) is 0 Å². The lowest BCUT2D eigenvalue weighted by Gasteiger charge is -2.12. The van der Waals surface area contributed by atoms with Gasteiger partial charge < -0.3 is 4.98 Å². The Morgan fingerprint density at radius 3 is 2.20 bits per heavy atom. The van der Waals surface area contributed by atoms with Crippen LogP contribution in [0.15, 0.2) is 18.2 Å². The number of aryl methyl sites for hydroxylation is 3. The zero-order valence-electron chi connectivity index (χ0n) is 12.9. The quantitative estimate of drug-likeness (QED) is 0.823. The van der Waals surface area contributed by atoms with Crippen molar-refractivity contribution in [3.63, 3.8) is 0 Å². The lowest BCUT2D eigenvalue weighted by Crippen LogP contribution is -2.05. The largest absolute Gasteiger partial charge is 0.347 e. The maximum Gasteiger partial charge on any atom is 0.133 e. The van der Waals surface area contributed by atoms with E-state index in [4.69, 9.17) is 12.2 Å². The Labute approximate surface area is 126 Å². The van der Waals surface area contributed by atoms with Crippen LogP contribution in [-0.2, 0) is 6.42 Å². The predicted molar refractivity (Wildman–Crippen MR) is 87.0 cm³/mol. The first-order valence-electron chi connectivity index (χ1n) is 7.03. The molecule has 2 rings (SSSR count). The molecule has 1 N–H and O–H groups in total. The molecule has 0 saturated carbocycles. The summed E-state index contributed by atoms with van der Waals surface area (Å²) < 4.78 is 0.732. The lowest BCUT2D eigenvalue weighted by molar-refractivity contribution is 0.803. The SMILES string of the molecule is Cc1cc(C)cc(Cc2nc(=S)c(C(C)C)c(C)[nH]2)c1. The zero-order chi connectivity index (χ0) is 14.9. The first-order chi connectivity index (χ1) is 9.36. The van der Waals surface area contributed by atoms with Gasteiger partial charge in [-0.1, -0.05) is 55.4 Å². The number of aromatic nitrogens is 2. The highest BCUT2D eigenvalue weighted by Gasteiger charge is 2.09. The number of aromatic amines is 1. The van der Waals surface area contributed by atoms with Gasteiger partial charge >= 0.3 is 0 Å². The van der Waals surface area contributed by atoms with Crippen molar-refractivity contribution in [2.75, 3.05) is 0 Å². The molecule has 3 heteroatoms. The fraction of sp³-hybridized carbons (Fsp3) is 0.412. The third-order valence-electron chi connectivity index (χ3n) is 3.43. The summed E-state index contributed by atoms with van der Waals surface area (Å²) in [5.74, 6) is 1.35. The third-order valence-corrected chi connectivity index (χ3v) is 3.74. The molecule has 0 aliphatic rings. The summed E-state index contributed by atoms with van der Waals surface area (Å²) >= 11 is 5.44. The van der Waals surface area contributed by atoms with Gasteiger partial charge in [-0.25, -0.2) is 4.98 Å². The van der Waals surface area contributed by atoms with Gasteiger partial charge in [0.1, 0.15) is 10.5 Å². The van der Waals surface area contributed by atoms with E-state index < -0.39 is 0 Å². The van der Waals surface area contributed by atoms with Crippen molar-refractivity contribution < 1.29 is 0 Å². The monoisotopic (exact) mass is 286 g/mol. The van der Waals surface area contributed by atoms with Crippen LogP contribution in [-0.4, -0.2) is 9.97 Å². The minimum atomic E-state index is 0.404. The molecule has 0 amide bonds. The van der Waals surface area contributed by atoms with Crippen molar-refractivity contribution >= 4 is 12.2 Å². The molecule has 0 aliphatic heterocycles. The molecule has 2 aromatic rings. The van der Waals surface area contributed by atoms with E-state index in [2.05, 4.69) is 62.8 Å².